The molecule has 0 radical (unpaired) electrons. The van der Waals surface area contributed by atoms with Gasteiger partial charge in [-0.1, -0.05) is 30.3 Å². The van der Waals surface area contributed by atoms with E-state index in [1.807, 2.05) is 52.4 Å². The summed E-state index contributed by atoms with van der Waals surface area (Å²) in [6.45, 7) is 0.313. The van der Waals surface area contributed by atoms with Crippen molar-refractivity contribution in [2.45, 2.75) is 0 Å². The van der Waals surface area contributed by atoms with Gasteiger partial charge in [-0.2, -0.15) is 0 Å². The number of benzene rings is 1. The molecule has 1 N–H and O–H groups in total. The van der Waals surface area contributed by atoms with Gasteiger partial charge in [-0.25, -0.2) is 4.98 Å². The minimum Gasteiger partial charge on any atom is -0.350 e. The molecule has 0 spiro atoms. The Hall–Kier alpha value is -2.95. The zero-order valence-electron chi connectivity index (χ0n) is 15.4. The number of carbonyl (C=O) groups excluding carboxylic acids is 3. The molecule has 5 rings (SSSR count). The number of hydrogen-bond donors (Lipinski definition) is 1. The first-order valence-electron chi connectivity index (χ1n) is 9.04. The molecule has 1 aliphatic heterocycles. The molecule has 10 heteroatoms. The van der Waals surface area contributed by atoms with Crippen molar-refractivity contribution in [3.8, 4) is 0 Å². The number of carbonyl (C=O) groups is 3. The van der Waals surface area contributed by atoms with Crippen molar-refractivity contribution in [3.63, 3.8) is 0 Å². The van der Waals surface area contributed by atoms with Gasteiger partial charge in [0.1, 0.15) is 4.83 Å². The van der Waals surface area contributed by atoms with Crippen LogP contribution in [0.4, 0.5) is 4.79 Å². The predicted molar refractivity (Wildman–Crippen MR) is 120 cm³/mol. The van der Waals surface area contributed by atoms with Crippen LogP contribution >= 0.6 is 34.4 Å². The van der Waals surface area contributed by atoms with Crippen LogP contribution < -0.4 is 5.32 Å². The first kappa shape index (κ1) is 19.0. The molecule has 0 aliphatic carbocycles. The van der Waals surface area contributed by atoms with E-state index < -0.39 is 0 Å². The van der Waals surface area contributed by atoms with Crippen LogP contribution in [0.5, 0.6) is 0 Å². The maximum atomic E-state index is 12.5. The quantitative estimate of drug-likeness (QED) is 0.460. The third-order valence-electron chi connectivity index (χ3n) is 4.56. The van der Waals surface area contributed by atoms with Crippen LogP contribution in [0, 0.1) is 0 Å². The number of aromatic nitrogens is 2. The second-order valence-corrected chi connectivity index (χ2v) is 9.37. The molecular weight excluding hydrogens is 440 g/mol. The molecule has 1 aromatic carbocycles. The molecule has 7 nitrogen and oxygen atoms in total. The number of amides is 3. The number of nitrogens with one attached hydrogen (secondary N) is 1. The second-order valence-electron chi connectivity index (χ2n) is 6.47. The van der Waals surface area contributed by atoms with Crippen molar-refractivity contribution in [1.29, 1.82) is 0 Å². The van der Waals surface area contributed by atoms with E-state index in [0.29, 0.717) is 9.78 Å². The summed E-state index contributed by atoms with van der Waals surface area (Å²) in [5, 5.41) is 4.41. The summed E-state index contributed by atoms with van der Waals surface area (Å²) in [6, 6.07) is 11.2. The number of imide groups is 1. The normalized spacial score (nSPS) is 15.7. The van der Waals surface area contributed by atoms with Gasteiger partial charge < -0.3 is 5.32 Å². The molecule has 4 aromatic rings. The Morgan fingerprint density at radius 3 is 2.87 bits per heavy atom. The van der Waals surface area contributed by atoms with Crippen LogP contribution in [-0.2, 0) is 4.79 Å². The minimum atomic E-state index is -0.335. The molecule has 0 unspecified atom stereocenters. The average molecular weight is 455 g/mol. The molecule has 0 atom stereocenters. The average Bonchev–Trinajstić information content (AvgIpc) is 3.47. The van der Waals surface area contributed by atoms with Crippen LogP contribution in [0.3, 0.4) is 0 Å². The topological polar surface area (TPSA) is 83.8 Å². The van der Waals surface area contributed by atoms with Crippen molar-refractivity contribution >= 4 is 72.9 Å². The number of rotatable bonds is 5. The van der Waals surface area contributed by atoms with Gasteiger partial charge in [0, 0.05) is 24.7 Å². The maximum absolute atomic E-state index is 12.5. The summed E-state index contributed by atoms with van der Waals surface area (Å²) < 4.78 is 1.95. The summed E-state index contributed by atoms with van der Waals surface area (Å²) >= 11 is 3.78. The molecular formula is C20H14N4O3S3. The monoisotopic (exact) mass is 454 g/mol. The highest BCUT2D eigenvalue weighted by molar-refractivity contribution is 8.18. The predicted octanol–water partition coefficient (Wildman–Crippen LogP) is 4.08. The van der Waals surface area contributed by atoms with Crippen LogP contribution in [0.15, 0.2) is 52.9 Å². The van der Waals surface area contributed by atoms with E-state index in [4.69, 9.17) is 0 Å². The fourth-order valence-corrected chi connectivity index (χ4v) is 5.70. The summed E-state index contributed by atoms with van der Waals surface area (Å²) in [4.78, 5) is 45.6. The number of thiophene rings is 1. The van der Waals surface area contributed by atoms with Gasteiger partial charge in [-0.3, -0.25) is 23.7 Å². The van der Waals surface area contributed by atoms with E-state index in [2.05, 4.69) is 10.3 Å². The zero-order valence-corrected chi connectivity index (χ0v) is 17.9. The fourth-order valence-electron chi connectivity index (χ4n) is 3.12. The minimum absolute atomic E-state index is 0.126. The molecule has 3 aromatic heterocycles. The fraction of sp³-hybridized carbons (Fsp3) is 0.100. The van der Waals surface area contributed by atoms with Gasteiger partial charge in [-0.05, 0) is 29.5 Å². The molecule has 0 saturated carbocycles. The molecule has 1 aliphatic rings. The summed E-state index contributed by atoms with van der Waals surface area (Å²) in [5.74, 6) is -0.577. The smallest absolute Gasteiger partial charge is 0.293 e. The lowest BCUT2D eigenvalue weighted by Crippen LogP contribution is -2.37. The summed E-state index contributed by atoms with van der Waals surface area (Å²) in [5.41, 5.74) is 1.76. The molecule has 30 heavy (non-hydrogen) atoms. The number of hydrogen-bond acceptors (Lipinski definition) is 7. The molecule has 3 amide bonds. The number of fused-ring (bicyclic) bond motifs is 3. The lowest BCUT2D eigenvalue weighted by atomic mass is 10.2. The number of thioether (sulfide) groups is 1. The van der Waals surface area contributed by atoms with Crippen molar-refractivity contribution < 1.29 is 14.4 Å². The van der Waals surface area contributed by atoms with Gasteiger partial charge in [0.25, 0.3) is 17.1 Å². The third kappa shape index (κ3) is 3.42. The molecule has 1 saturated heterocycles. The van der Waals surface area contributed by atoms with E-state index in [-0.39, 0.29) is 30.1 Å². The van der Waals surface area contributed by atoms with E-state index in [1.54, 1.807) is 17.4 Å². The maximum Gasteiger partial charge on any atom is 0.293 e. The Morgan fingerprint density at radius 1 is 1.20 bits per heavy atom. The molecule has 150 valence electrons. The van der Waals surface area contributed by atoms with Crippen molar-refractivity contribution in [1.82, 2.24) is 19.6 Å². The molecule has 0 bridgehead atoms. The largest absolute Gasteiger partial charge is 0.350 e. The van der Waals surface area contributed by atoms with Crippen molar-refractivity contribution in [2.75, 3.05) is 13.1 Å². The third-order valence-corrected chi connectivity index (χ3v) is 7.24. The van der Waals surface area contributed by atoms with Crippen molar-refractivity contribution in [2.24, 2.45) is 0 Å². The lowest BCUT2D eigenvalue weighted by molar-refractivity contribution is -0.122. The van der Waals surface area contributed by atoms with E-state index in [1.165, 1.54) is 11.3 Å². The molecule has 4 heterocycles. The lowest BCUT2D eigenvalue weighted by Gasteiger charge is -2.12. The van der Waals surface area contributed by atoms with Gasteiger partial charge in [0.05, 0.1) is 15.3 Å². The van der Waals surface area contributed by atoms with Crippen molar-refractivity contribution in [3.05, 3.63) is 63.3 Å². The van der Waals surface area contributed by atoms with E-state index in [9.17, 15) is 14.4 Å². The standard InChI is InChI=1S/C20H14N4O3S3/c25-16(14-11-13-17(29-14)22-19-23(13)8-9-28-19)21-6-7-24-18(26)15(30-20(24)27)10-12-4-2-1-3-5-12/h1-5,8-11H,6-7H2,(H,21,25)/b15-10-. The van der Waals surface area contributed by atoms with E-state index in [0.717, 1.165) is 37.5 Å². The SMILES string of the molecule is O=C(NCCN1C(=O)S/C(=C\c2ccccc2)C1=O)c1cc2c(nc3sccn32)s1. The van der Waals surface area contributed by atoms with Crippen LogP contribution in [0.1, 0.15) is 15.2 Å². The second kappa shape index (κ2) is 7.71. The highest BCUT2D eigenvalue weighted by Gasteiger charge is 2.34. The Kier molecular flexibility index (Phi) is 4.89. The Balaban J connectivity index is 1.22. The summed E-state index contributed by atoms with van der Waals surface area (Å²) in [6.07, 6.45) is 3.63. The van der Waals surface area contributed by atoms with Gasteiger partial charge >= 0.3 is 0 Å². The first-order valence-corrected chi connectivity index (χ1v) is 11.5. The van der Waals surface area contributed by atoms with Crippen LogP contribution in [-0.4, -0.2) is 44.4 Å². The van der Waals surface area contributed by atoms with E-state index >= 15 is 0 Å². The summed E-state index contributed by atoms with van der Waals surface area (Å²) in [7, 11) is 0. The van der Waals surface area contributed by atoms with Crippen LogP contribution in [0.25, 0.3) is 21.4 Å². The number of nitrogens with zero attached hydrogens (tertiary/aromatic N) is 3. The number of thiazole rings is 1. The Labute approximate surface area is 183 Å². The number of imidazole rings is 1. The highest BCUT2D eigenvalue weighted by atomic mass is 32.2. The van der Waals surface area contributed by atoms with Gasteiger partial charge in [0.2, 0.25) is 0 Å². The highest BCUT2D eigenvalue weighted by Crippen LogP contribution is 2.32. The van der Waals surface area contributed by atoms with Crippen LogP contribution in [0.2, 0.25) is 0 Å². The molecule has 1 fully saturated rings. The van der Waals surface area contributed by atoms with Gasteiger partial charge in [0.15, 0.2) is 4.96 Å². The Morgan fingerprint density at radius 2 is 2.03 bits per heavy atom. The first-order chi connectivity index (χ1) is 14.6. The zero-order chi connectivity index (χ0) is 20.7. The Bertz CT molecular complexity index is 1320. The van der Waals surface area contributed by atoms with Gasteiger partial charge in [-0.15, -0.1) is 22.7 Å².